The summed E-state index contributed by atoms with van der Waals surface area (Å²) in [4.78, 5) is 13.1. The van der Waals surface area contributed by atoms with Gasteiger partial charge in [0.15, 0.2) is 0 Å². The Hall–Kier alpha value is -1.17. The maximum absolute atomic E-state index is 11.0. The molecule has 6 heteroatoms. The molecule has 0 bridgehead atoms. The van der Waals surface area contributed by atoms with Crippen LogP contribution in [0.3, 0.4) is 0 Å². The summed E-state index contributed by atoms with van der Waals surface area (Å²) in [6.07, 6.45) is 2.61. The molecule has 0 aliphatic carbocycles. The number of nitro groups is 1. The van der Waals surface area contributed by atoms with E-state index in [1.807, 2.05) is 0 Å². The monoisotopic (exact) mass is 311 g/mol. The van der Waals surface area contributed by atoms with E-state index in [2.05, 4.69) is 17.1 Å². The van der Waals surface area contributed by atoms with Gasteiger partial charge in [-0.15, -0.1) is 0 Å². The molecule has 1 heterocycles. The Balaban J connectivity index is 1.81. The Morgan fingerprint density at radius 1 is 1.43 bits per heavy atom. The predicted molar refractivity (Wildman–Crippen MR) is 84.7 cm³/mol. The molecule has 5 nitrogen and oxygen atoms in total. The van der Waals surface area contributed by atoms with Gasteiger partial charge in [-0.3, -0.25) is 10.1 Å². The number of nitrogens with one attached hydrogen (secondary N) is 1. The van der Waals surface area contributed by atoms with Gasteiger partial charge < -0.3 is 10.2 Å². The quantitative estimate of drug-likeness (QED) is 0.621. The minimum atomic E-state index is -0.378. The summed E-state index contributed by atoms with van der Waals surface area (Å²) >= 11 is 5.81. The summed E-state index contributed by atoms with van der Waals surface area (Å²) in [6, 6.07) is 4.82. The van der Waals surface area contributed by atoms with Crippen LogP contribution < -0.4 is 5.32 Å². The van der Waals surface area contributed by atoms with Crippen LogP contribution in [0.5, 0.6) is 0 Å². The molecule has 2 rings (SSSR count). The lowest BCUT2D eigenvalue weighted by atomic mass is 10.1. The number of nitrogens with zero attached hydrogens (tertiary/aromatic N) is 2. The first-order valence-electron chi connectivity index (χ1n) is 7.42. The van der Waals surface area contributed by atoms with Crippen LogP contribution in [0.1, 0.15) is 25.3 Å². The van der Waals surface area contributed by atoms with Crippen molar-refractivity contribution in [3.05, 3.63) is 38.9 Å². The van der Waals surface area contributed by atoms with Crippen LogP contribution in [-0.4, -0.2) is 36.0 Å². The van der Waals surface area contributed by atoms with Gasteiger partial charge in [-0.1, -0.05) is 18.5 Å². The van der Waals surface area contributed by atoms with Crippen LogP contribution in [0.25, 0.3) is 0 Å². The molecule has 1 aliphatic rings. The number of rotatable bonds is 7. The van der Waals surface area contributed by atoms with E-state index >= 15 is 0 Å². The van der Waals surface area contributed by atoms with E-state index in [-0.39, 0.29) is 10.6 Å². The van der Waals surface area contributed by atoms with Crippen molar-refractivity contribution in [2.75, 3.05) is 26.2 Å². The molecule has 0 radical (unpaired) electrons. The van der Waals surface area contributed by atoms with Crippen LogP contribution in [0, 0.1) is 16.0 Å². The van der Waals surface area contributed by atoms with Crippen molar-refractivity contribution in [3.63, 3.8) is 0 Å². The molecule has 21 heavy (non-hydrogen) atoms. The average Bonchev–Trinajstić information content (AvgIpc) is 2.93. The SMILES string of the molecule is CC(CNCc1ccc(Cl)cc1[N+](=O)[O-])CN1CCCC1. The van der Waals surface area contributed by atoms with Gasteiger partial charge in [-0.05, 0) is 50.5 Å². The zero-order valence-electron chi connectivity index (χ0n) is 12.3. The number of halogens is 1. The van der Waals surface area contributed by atoms with Crippen LogP contribution >= 0.6 is 11.6 Å². The van der Waals surface area contributed by atoms with Crippen LogP contribution in [0.4, 0.5) is 5.69 Å². The van der Waals surface area contributed by atoms with Crippen molar-refractivity contribution in [1.82, 2.24) is 10.2 Å². The number of benzene rings is 1. The van der Waals surface area contributed by atoms with E-state index in [1.165, 1.54) is 32.0 Å². The highest BCUT2D eigenvalue weighted by Gasteiger charge is 2.16. The highest BCUT2D eigenvalue weighted by molar-refractivity contribution is 6.30. The Bertz CT molecular complexity index is 490. The molecule has 1 fully saturated rings. The van der Waals surface area contributed by atoms with Crippen LogP contribution in [-0.2, 0) is 6.54 Å². The summed E-state index contributed by atoms with van der Waals surface area (Å²) in [7, 11) is 0. The normalized spacial score (nSPS) is 17.0. The fourth-order valence-electron chi connectivity index (χ4n) is 2.78. The number of nitro benzene ring substituents is 1. The number of hydrogen-bond donors (Lipinski definition) is 1. The van der Waals surface area contributed by atoms with Crippen molar-refractivity contribution in [2.24, 2.45) is 5.92 Å². The predicted octanol–water partition coefficient (Wildman–Crippen LogP) is 3.07. The smallest absolute Gasteiger partial charge is 0.275 e. The molecular weight excluding hydrogens is 290 g/mol. The first-order valence-corrected chi connectivity index (χ1v) is 7.80. The fraction of sp³-hybridized carbons (Fsp3) is 0.600. The van der Waals surface area contributed by atoms with Crippen molar-refractivity contribution < 1.29 is 4.92 Å². The Morgan fingerprint density at radius 2 is 2.14 bits per heavy atom. The van der Waals surface area contributed by atoms with Crippen molar-refractivity contribution in [1.29, 1.82) is 0 Å². The topological polar surface area (TPSA) is 58.4 Å². The van der Waals surface area contributed by atoms with Crippen LogP contribution in [0.15, 0.2) is 18.2 Å². The van der Waals surface area contributed by atoms with Gasteiger partial charge in [0.1, 0.15) is 0 Å². The van der Waals surface area contributed by atoms with Crippen molar-refractivity contribution in [2.45, 2.75) is 26.3 Å². The minimum Gasteiger partial charge on any atom is -0.312 e. The van der Waals surface area contributed by atoms with Gasteiger partial charge in [0.05, 0.1) is 4.92 Å². The van der Waals surface area contributed by atoms with Gasteiger partial charge in [0, 0.05) is 29.7 Å². The second-order valence-electron chi connectivity index (χ2n) is 5.77. The zero-order valence-corrected chi connectivity index (χ0v) is 13.1. The highest BCUT2D eigenvalue weighted by Crippen LogP contribution is 2.23. The molecule has 1 aromatic rings. The lowest BCUT2D eigenvalue weighted by Crippen LogP contribution is -2.31. The largest absolute Gasteiger partial charge is 0.312 e. The maximum atomic E-state index is 11.0. The van der Waals surface area contributed by atoms with Gasteiger partial charge >= 0.3 is 0 Å². The molecule has 0 amide bonds. The molecule has 1 atom stereocenters. The Morgan fingerprint density at radius 3 is 2.81 bits per heavy atom. The lowest BCUT2D eigenvalue weighted by Gasteiger charge is -2.20. The molecule has 1 N–H and O–H groups in total. The molecular formula is C15H22ClN3O2. The third-order valence-electron chi connectivity index (χ3n) is 3.82. The van der Waals surface area contributed by atoms with E-state index in [4.69, 9.17) is 11.6 Å². The molecule has 0 saturated carbocycles. The summed E-state index contributed by atoms with van der Waals surface area (Å²) < 4.78 is 0. The first-order chi connectivity index (χ1) is 10.1. The summed E-state index contributed by atoms with van der Waals surface area (Å²) in [6.45, 7) is 7.06. The van der Waals surface area contributed by atoms with Crippen molar-refractivity contribution >= 4 is 17.3 Å². The highest BCUT2D eigenvalue weighted by atomic mass is 35.5. The third-order valence-corrected chi connectivity index (χ3v) is 4.06. The maximum Gasteiger partial charge on any atom is 0.275 e. The molecule has 1 saturated heterocycles. The van der Waals surface area contributed by atoms with E-state index in [9.17, 15) is 10.1 Å². The summed E-state index contributed by atoms with van der Waals surface area (Å²) in [5, 5.41) is 14.7. The first kappa shape index (κ1) is 16.2. The molecule has 1 unspecified atom stereocenters. The van der Waals surface area contributed by atoms with Gasteiger partial charge in [0.2, 0.25) is 0 Å². The van der Waals surface area contributed by atoms with Crippen LogP contribution in [0.2, 0.25) is 5.02 Å². The molecule has 0 spiro atoms. The van der Waals surface area contributed by atoms with E-state index in [0.717, 1.165) is 13.1 Å². The van der Waals surface area contributed by atoms with E-state index in [0.29, 0.717) is 23.0 Å². The fourth-order valence-corrected chi connectivity index (χ4v) is 2.95. The third kappa shape index (κ3) is 4.95. The van der Waals surface area contributed by atoms with Gasteiger partial charge in [0.25, 0.3) is 5.69 Å². The summed E-state index contributed by atoms with van der Waals surface area (Å²) in [5.41, 5.74) is 0.764. The van der Waals surface area contributed by atoms with E-state index < -0.39 is 0 Å². The molecule has 116 valence electrons. The van der Waals surface area contributed by atoms with Crippen molar-refractivity contribution in [3.8, 4) is 0 Å². The van der Waals surface area contributed by atoms with Gasteiger partial charge in [-0.25, -0.2) is 0 Å². The minimum absolute atomic E-state index is 0.0854. The average molecular weight is 312 g/mol. The second kappa shape index (κ2) is 7.73. The standard InChI is InChI=1S/C15H22ClN3O2/c1-12(11-18-6-2-3-7-18)9-17-10-13-4-5-14(16)8-15(13)19(20)21/h4-5,8,12,17H,2-3,6-7,9-11H2,1H3. The number of likely N-dealkylation sites (tertiary alicyclic amines) is 1. The van der Waals surface area contributed by atoms with E-state index in [1.54, 1.807) is 12.1 Å². The Labute approximate surface area is 130 Å². The molecule has 1 aromatic carbocycles. The van der Waals surface area contributed by atoms with Gasteiger partial charge in [-0.2, -0.15) is 0 Å². The second-order valence-corrected chi connectivity index (χ2v) is 6.21. The zero-order chi connectivity index (χ0) is 15.2. The number of hydrogen-bond acceptors (Lipinski definition) is 4. The molecule has 1 aliphatic heterocycles. The lowest BCUT2D eigenvalue weighted by molar-refractivity contribution is -0.385. The molecule has 0 aromatic heterocycles. The summed E-state index contributed by atoms with van der Waals surface area (Å²) in [5.74, 6) is 0.537. The Kier molecular flexibility index (Phi) is 5.96.